The molecule has 1 N–H and O–H groups in total. The Labute approximate surface area is 108 Å². The van der Waals surface area contributed by atoms with Crippen molar-refractivity contribution in [2.45, 2.75) is 26.7 Å². The summed E-state index contributed by atoms with van der Waals surface area (Å²) in [5.41, 5.74) is 0.743. The van der Waals surface area contributed by atoms with Crippen LogP contribution in [0.2, 0.25) is 0 Å². The number of anilines is 1. The van der Waals surface area contributed by atoms with Crippen LogP contribution in [-0.4, -0.2) is 12.5 Å². The lowest BCUT2D eigenvalue weighted by Gasteiger charge is -2.09. The van der Waals surface area contributed by atoms with Gasteiger partial charge < -0.3 is 10.1 Å². The highest BCUT2D eigenvalue weighted by Gasteiger charge is 2.07. The van der Waals surface area contributed by atoms with Crippen molar-refractivity contribution in [3.63, 3.8) is 0 Å². The van der Waals surface area contributed by atoms with Gasteiger partial charge in [-0.1, -0.05) is 20.3 Å². The van der Waals surface area contributed by atoms with Gasteiger partial charge in [0.2, 0.25) is 5.91 Å². The molecule has 0 radical (unpaired) electrons. The van der Waals surface area contributed by atoms with E-state index in [4.69, 9.17) is 10.00 Å². The SMILES string of the molecule is CCC(C)CC(=O)Nc1ccc(OCC#N)cc1. The molecule has 0 aliphatic rings. The minimum atomic E-state index is 0.0232. The summed E-state index contributed by atoms with van der Waals surface area (Å²) in [4.78, 5) is 11.7. The van der Waals surface area contributed by atoms with Gasteiger partial charge in [0.15, 0.2) is 6.61 Å². The lowest BCUT2D eigenvalue weighted by Crippen LogP contribution is -2.14. The predicted octanol–water partition coefficient (Wildman–Crippen LogP) is 2.96. The molecular formula is C14H18N2O2. The predicted molar refractivity (Wildman–Crippen MR) is 70.3 cm³/mol. The fraction of sp³-hybridized carbons (Fsp3) is 0.429. The molecule has 4 heteroatoms. The second kappa shape index (κ2) is 7.33. The standard InChI is InChI=1S/C14H18N2O2/c1-3-11(2)10-14(17)16-12-4-6-13(7-5-12)18-9-8-15/h4-7,11H,3,9-10H2,1-2H3,(H,16,17). The van der Waals surface area contributed by atoms with Crippen LogP contribution >= 0.6 is 0 Å². The van der Waals surface area contributed by atoms with Gasteiger partial charge in [-0.15, -0.1) is 0 Å². The quantitative estimate of drug-likeness (QED) is 0.839. The highest BCUT2D eigenvalue weighted by Crippen LogP contribution is 2.16. The van der Waals surface area contributed by atoms with Crippen molar-refractivity contribution in [1.82, 2.24) is 0 Å². The van der Waals surface area contributed by atoms with E-state index < -0.39 is 0 Å². The Morgan fingerprint density at radius 2 is 2.11 bits per heavy atom. The summed E-state index contributed by atoms with van der Waals surface area (Å²) in [6.45, 7) is 4.15. The molecule has 0 saturated carbocycles. The van der Waals surface area contributed by atoms with Crippen LogP contribution in [0.5, 0.6) is 5.75 Å². The van der Waals surface area contributed by atoms with Crippen molar-refractivity contribution < 1.29 is 9.53 Å². The highest BCUT2D eigenvalue weighted by atomic mass is 16.5. The summed E-state index contributed by atoms with van der Waals surface area (Å²) >= 11 is 0. The number of carbonyl (C=O) groups is 1. The number of benzene rings is 1. The van der Waals surface area contributed by atoms with E-state index in [9.17, 15) is 4.79 Å². The normalized spacial score (nSPS) is 11.4. The van der Waals surface area contributed by atoms with E-state index in [2.05, 4.69) is 19.2 Å². The average Bonchev–Trinajstić information content (AvgIpc) is 2.37. The first kappa shape index (κ1) is 14.0. The Balaban J connectivity index is 2.48. The number of nitrogens with one attached hydrogen (secondary N) is 1. The molecule has 1 aromatic rings. The summed E-state index contributed by atoms with van der Waals surface area (Å²) in [6, 6.07) is 8.89. The zero-order valence-electron chi connectivity index (χ0n) is 10.8. The highest BCUT2D eigenvalue weighted by molar-refractivity contribution is 5.90. The first-order valence-electron chi connectivity index (χ1n) is 6.05. The van der Waals surface area contributed by atoms with Crippen LogP contribution in [0, 0.1) is 17.2 Å². The molecule has 1 unspecified atom stereocenters. The molecule has 0 aliphatic heterocycles. The van der Waals surface area contributed by atoms with E-state index in [1.807, 2.05) is 6.07 Å². The third kappa shape index (κ3) is 4.88. The van der Waals surface area contributed by atoms with Gasteiger partial charge in [0.05, 0.1) is 0 Å². The average molecular weight is 246 g/mol. The van der Waals surface area contributed by atoms with E-state index in [1.165, 1.54) is 0 Å². The molecule has 1 rings (SSSR count). The van der Waals surface area contributed by atoms with Gasteiger partial charge in [-0.25, -0.2) is 0 Å². The van der Waals surface area contributed by atoms with Crippen LogP contribution in [-0.2, 0) is 4.79 Å². The van der Waals surface area contributed by atoms with Crippen LogP contribution in [0.1, 0.15) is 26.7 Å². The van der Waals surface area contributed by atoms with Crippen molar-refractivity contribution in [3.05, 3.63) is 24.3 Å². The van der Waals surface area contributed by atoms with Crippen molar-refractivity contribution in [1.29, 1.82) is 5.26 Å². The molecule has 0 heterocycles. The molecule has 0 aliphatic carbocycles. The van der Waals surface area contributed by atoms with Crippen molar-refractivity contribution >= 4 is 11.6 Å². The van der Waals surface area contributed by atoms with Gasteiger partial charge in [0, 0.05) is 12.1 Å². The van der Waals surface area contributed by atoms with Crippen molar-refractivity contribution in [2.75, 3.05) is 11.9 Å². The van der Waals surface area contributed by atoms with Crippen LogP contribution in [0.3, 0.4) is 0 Å². The molecule has 0 bridgehead atoms. The third-order valence-electron chi connectivity index (χ3n) is 2.67. The van der Waals surface area contributed by atoms with Gasteiger partial charge in [-0.3, -0.25) is 4.79 Å². The molecule has 0 aromatic heterocycles. The van der Waals surface area contributed by atoms with Gasteiger partial charge in [-0.05, 0) is 30.2 Å². The van der Waals surface area contributed by atoms with Gasteiger partial charge in [0.25, 0.3) is 0 Å². The Morgan fingerprint density at radius 1 is 1.44 bits per heavy atom. The van der Waals surface area contributed by atoms with Crippen LogP contribution < -0.4 is 10.1 Å². The van der Waals surface area contributed by atoms with E-state index >= 15 is 0 Å². The first-order valence-corrected chi connectivity index (χ1v) is 6.05. The van der Waals surface area contributed by atoms with Gasteiger partial charge in [0.1, 0.15) is 11.8 Å². The molecular weight excluding hydrogens is 228 g/mol. The molecule has 18 heavy (non-hydrogen) atoms. The summed E-state index contributed by atoms with van der Waals surface area (Å²) in [5.74, 6) is 1.04. The molecule has 1 atom stereocenters. The lowest BCUT2D eigenvalue weighted by atomic mass is 10.1. The second-order valence-corrected chi connectivity index (χ2v) is 4.24. The van der Waals surface area contributed by atoms with E-state index in [-0.39, 0.29) is 12.5 Å². The first-order chi connectivity index (χ1) is 8.65. The van der Waals surface area contributed by atoms with E-state index in [1.54, 1.807) is 24.3 Å². The number of rotatable bonds is 6. The minimum absolute atomic E-state index is 0.0232. The Hall–Kier alpha value is -2.02. The minimum Gasteiger partial charge on any atom is -0.479 e. The fourth-order valence-corrected chi connectivity index (χ4v) is 1.42. The number of amides is 1. The topological polar surface area (TPSA) is 62.1 Å². The Kier molecular flexibility index (Phi) is 5.72. The fourth-order valence-electron chi connectivity index (χ4n) is 1.42. The Morgan fingerprint density at radius 3 is 2.67 bits per heavy atom. The van der Waals surface area contributed by atoms with Crippen molar-refractivity contribution in [3.8, 4) is 11.8 Å². The number of hydrogen-bond donors (Lipinski definition) is 1. The second-order valence-electron chi connectivity index (χ2n) is 4.24. The summed E-state index contributed by atoms with van der Waals surface area (Å²) in [6.07, 6.45) is 1.53. The molecule has 96 valence electrons. The molecule has 0 fully saturated rings. The van der Waals surface area contributed by atoms with Crippen LogP contribution in [0.25, 0.3) is 0 Å². The maximum atomic E-state index is 11.7. The summed E-state index contributed by atoms with van der Waals surface area (Å²) in [7, 11) is 0. The molecule has 4 nitrogen and oxygen atoms in total. The lowest BCUT2D eigenvalue weighted by molar-refractivity contribution is -0.117. The van der Waals surface area contributed by atoms with Crippen LogP contribution in [0.15, 0.2) is 24.3 Å². The van der Waals surface area contributed by atoms with E-state index in [0.717, 1.165) is 12.1 Å². The zero-order chi connectivity index (χ0) is 13.4. The van der Waals surface area contributed by atoms with E-state index in [0.29, 0.717) is 18.1 Å². The smallest absolute Gasteiger partial charge is 0.224 e. The maximum Gasteiger partial charge on any atom is 0.224 e. The van der Waals surface area contributed by atoms with Crippen molar-refractivity contribution in [2.24, 2.45) is 5.92 Å². The largest absolute Gasteiger partial charge is 0.479 e. The zero-order valence-corrected chi connectivity index (χ0v) is 10.8. The van der Waals surface area contributed by atoms with Gasteiger partial charge in [-0.2, -0.15) is 5.26 Å². The third-order valence-corrected chi connectivity index (χ3v) is 2.67. The maximum absolute atomic E-state index is 11.7. The Bertz CT molecular complexity index is 420. The van der Waals surface area contributed by atoms with Crippen LogP contribution in [0.4, 0.5) is 5.69 Å². The van der Waals surface area contributed by atoms with Gasteiger partial charge >= 0.3 is 0 Å². The number of carbonyl (C=O) groups excluding carboxylic acids is 1. The summed E-state index contributed by atoms with van der Waals surface area (Å²) < 4.78 is 5.12. The molecule has 1 amide bonds. The number of nitrogens with zero attached hydrogens (tertiary/aromatic N) is 1. The number of ether oxygens (including phenoxy) is 1. The molecule has 1 aromatic carbocycles. The summed E-state index contributed by atoms with van der Waals surface area (Å²) in [5, 5.41) is 11.2. The number of nitriles is 1. The molecule has 0 spiro atoms. The number of hydrogen-bond acceptors (Lipinski definition) is 3. The molecule has 0 saturated heterocycles. The monoisotopic (exact) mass is 246 g/mol.